The largest absolute Gasteiger partial charge is 0.481 e. The number of hydrogen-bond acceptors (Lipinski definition) is 7. The molecule has 0 fully saturated rings. The number of rotatable bonds is 22. The van der Waals surface area contributed by atoms with E-state index in [2.05, 4.69) is 37.9 Å². The van der Waals surface area contributed by atoms with Crippen molar-refractivity contribution in [1.29, 1.82) is 0 Å². The number of fused-ring (bicyclic) bond motifs is 1. The van der Waals surface area contributed by atoms with Gasteiger partial charge in [-0.3, -0.25) is 9.78 Å². The molecule has 1 atom stereocenters. The van der Waals surface area contributed by atoms with Gasteiger partial charge in [0.1, 0.15) is 6.61 Å². The predicted molar refractivity (Wildman–Crippen MR) is 169 cm³/mol. The van der Waals surface area contributed by atoms with Crippen LogP contribution in [0.4, 0.5) is 0 Å². The summed E-state index contributed by atoms with van der Waals surface area (Å²) in [5.41, 5.74) is 5.19. The summed E-state index contributed by atoms with van der Waals surface area (Å²) in [6, 6.07) is 8.23. The number of pyridine rings is 2. The van der Waals surface area contributed by atoms with Crippen molar-refractivity contribution in [3.8, 4) is 5.88 Å². The van der Waals surface area contributed by atoms with Crippen LogP contribution in [0.25, 0.3) is 0 Å². The molecule has 1 aliphatic carbocycles. The molecule has 1 N–H and O–H groups in total. The first-order valence-electron chi connectivity index (χ1n) is 16.3. The minimum atomic E-state index is -0.780. The summed E-state index contributed by atoms with van der Waals surface area (Å²) in [5, 5.41) is 9.47. The number of ether oxygens (including phenoxy) is 4. The highest BCUT2D eigenvalue weighted by Gasteiger charge is 2.16. The number of carbonyl (C=O) groups is 1. The topological polar surface area (TPSA) is 100 Å². The molecule has 0 bridgehead atoms. The van der Waals surface area contributed by atoms with E-state index in [0.29, 0.717) is 45.5 Å². The fraction of sp³-hybridized carbons (Fsp3) is 0.686. The lowest BCUT2D eigenvalue weighted by Gasteiger charge is -2.17. The first-order chi connectivity index (χ1) is 20.8. The molecule has 0 saturated heterocycles. The summed E-state index contributed by atoms with van der Waals surface area (Å²) >= 11 is 0. The van der Waals surface area contributed by atoms with E-state index in [-0.39, 0.29) is 17.8 Å². The van der Waals surface area contributed by atoms with Crippen LogP contribution in [0.3, 0.4) is 0 Å². The van der Waals surface area contributed by atoms with E-state index in [1.165, 1.54) is 36.2 Å². The van der Waals surface area contributed by atoms with E-state index in [4.69, 9.17) is 23.9 Å². The molecular formula is C35H54N2O6. The highest BCUT2D eigenvalue weighted by Crippen LogP contribution is 2.27. The van der Waals surface area contributed by atoms with Crippen molar-refractivity contribution in [3.05, 3.63) is 53.0 Å². The molecule has 0 aromatic carbocycles. The molecule has 3 rings (SSSR count). The van der Waals surface area contributed by atoms with E-state index in [9.17, 15) is 9.90 Å². The van der Waals surface area contributed by atoms with Crippen LogP contribution in [0, 0.1) is 5.41 Å². The van der Waals surface area contributed by atoms with E-state index in [1.54, 1.807) is 6.20 Å². The Morgan fingerprint density at radius 3 is 2.26 bits per heavy atom. The van der Waals surface area contributed by atoms with E-state index < -0.39 is 5.97 Å². The quantitative estimate of drug-likeness (QED) is 0.145. The van der Waals surface area contributed by atoms with Crippen LogP contribution < -0.4 is 4.74 Å². The Hall–Kier alpha value is -2.55. The maximum atomic E-state index is 11.5. The number of carboxylic acid groups (broad SMARTS) is 1. The van der Waals surface area contributed by atoms with Gasteiger partial charge in [0, 0.05) is 30.3 Å². The van der Waals surface area contributed by atoms with Gasteiger partial charge < -0.3 is 24.1 Å². The van der Waals surface area contributed by atoms with Crippen LogP contribution in [0.15, 0.2) is 30.5 Å². The minimum Gasteiger partial charge on any atom is -0.481 e. The van der Waals surface area contributed by atoms with Crippen molar-refractivity contribution in [3.63, 3.8) is 0 Å². The van der Waals surface area contributed by atoms with Crippen molar-refractivity contribution < 1.29 is 28.8 Å². The molecule has 0 unspecified atom stereocenters. The van der Waals surface area contributed by atoms with Gasteiger partial charge in [0.05, 0.1) is 39.5 Å². The zero-order valence-corrected chi connectivity index (χ0v) is 26.8. The van der Waals surface area contributed by atoms with E-state index >= 15 is 0 Å². The second-order valence-electron chi connectivity index (χ2n) is 12.8. The van der Waals surface area contributed by atoms with Crippen LogP contribution in [0.5, 0.6) is 5.88 Å². The van der Waals surface area contributed by atoms with Crippen molar-refractivity contribution in [2.45, 2.75) is 104 Å². The zero-order chi connectivity index (χ0) is 30.8. The average molecular weight is 599 g/mol. The third-order valence-electron chi connectivity index (χ3n) is 7.84. The highest BCUT2D eigenvalue weighted by molar-refractivity contribution is 5.68. The van der Waals surface area contributed by atoms with Crippen molar-refractivity contribution in [2.24, 2.45) is 5.41 Å². The second kappa shape index (κ2) is 19.7. The zero-order valence-electron chi connectivity index (χ0n) is 26.8. The van der Waals surface area contributed by atoms with Gasteiger partial charge >= 0.3 is 5.97 Å². The third-order valence-corrected chi connectivity index (χ3v) is 7.84. The molecule has 240 valence electrons. The maximum Gasteiger partial charge on any atom is 0.303 e. The van der Waals surface area contributed by atoms with Gasteiger partial charge in [-0.1, -0.05) is 52.2 Å². The summed E-state index contributed by atoms with van der Waals surface area (Å²) in [6.45, 7) is 10.4. The van der Waals surface area contributed by atoms with Gasteiger partial charge in [0.2, 0.25) is 5.88 Å². The Kier molecular flexibility index (Phi) is 16.0. The Morgan fingerprint density at radius 1 is 0.860 bits per heavy atom. The summed E-state index contributed by atoms with van der Waals surface area (Å²) in [5.74, 6) is -0.313. The molecule has 0 aliphatic heterocycles. The van der Waals surface area contributed by atoms with Gasteiger partial charge in [-0.15, -0.1) is 0 Å². The summed E-state index contributed by atoms with van der Waals surface area (Å²) in [7, 11) is 0. The molecule has 0 spiro atoms. The van der Waals surface area contributed by atoms with Gasteiger partial charge in [-0.05, 0) is 79.9 Å². The normalized spacial score (nSPS) is 13.9. The van der Waals surface area contributed by atoms with Crippen LogP contribution in [0.2, 0.25) is 0 Å². The molecule has 2 aromatic heterocycles. The molecule has 0 amide bonds. The standard InChI is InChI=1S/C35H54N2O6/c1-35(2,3)18-19-40-20-21-41-22-23-42-24-25-43-33-17-15-30(27-36-33)29(26-34(38)39)11-6-4-5-7-12-31-16-14-28-10-8-9-13-32(28)37-31/h14-17,27,29H,4-13,18-26H2,1-3H3,(H,38,39)/t29-/m1/s1. The molecular weight excluding hydrogens is 544 g/mol. The lowest BCUT2D eigenvalue weighted by atomic mass is 9.91. The number of aryl methyl sites for hydroxylation is 3. The number of aliphatic carboxylic acids is 1. The van der Waals surface area contributed by atoms with Crippen LogP contribution in [-0.4, -0.2) is 67.3 Å². The third kappa shape index (κ3) is 15.1. The monoisotopic (exact) mass is 598 g/mol. The number of carboxylic acids is 1. The summed E-state index contributed by atoms with van der Waals surface area (Å²) < 4.78 is 22.4. The summed E-state index contributed by atoms with van der Waals surface area (Å²) in [6.07, 6.45) is 13.9. The van der Waals surface area contributed by atoms with Gasteiger partial charge in [-0.25, -0.2) is 4.98 Å². The highest BCUT2D eigenvalue weighted by atomic mass is 16.6. The van der Waals surface area contributed by atoms with Crippen LogP contribution >= 0.6 is 0 Å². The summed E-state index contributed by atoms with van der Waals surface area (Å²) in [4.78, 5) is 20.8. The number of nitrogens with zero attached hydrogens (tertiary/aromatic N) is 2. The SMILES string of the molecule is CC(C)(C)CCOCCOCCOCCOc1ccc([C@H](CCCCCCc2ccc3c(n2)CCCC3)CC(=O)O)cn1. The fourth-order valence-electron chi connectivity index (χ4n) is 5.26. The first-order valence-corrected chi connectivity index (χ1v) is 16.3. The maximum absolute atomic E-state index is 11.5. The second-order valence-corrected chi connectivity index (χ2v) is 12.8. The molecule has 8 heteroatoms. The lowest BCUT2D eigenvalue weighted by Crippen LogP contribution is -2.14. The fourth-order valence-corrected chi connectivity index (χ4v) is 5.26. The van der Waals surface area contributed by atoms with Crippen molar-refractivity contribution in [2.75, 3.05) is 46.2 Å². The number of unbranched alkanes of at least 4 members (excludes halogenated alkanes) is 3. The Balaban J connectivity index is 1.24. The Morgan fingerprint density at radius 2 is 1.56 bits per heavy atom. The van der Waals surface area contributed by atoms with Crippen molar-refractivity contribution >= 4 is 5.97 Å². The first kappa shape index (κ1) is 34.9. The minimum absolute atomic E-state index is 0.0476. The molecule has 0 saturated carbocycles. The Bertz CT molecular complexity index is 1050. The van der Waals surface area contributed by atoms with Crippen LogP contribution in [-0.2, 0) is 38.3 Å². The van der Waals surface area contributed by atoms with Gasteiger partial charge in [0.25, 0.3) is 0 Å². The average Bonchev–Trinajstić information content (AvgIpc) is 2.98. The van der Waals surface area contributed by atoms with Gasteiger partial charge in [-0.2, -0.15) is 0 Å². The van der Waals surface area contributed by atoms with E-state index in [1.807, 2.05) is 12.1 Å². The van der Waals surface area contributed by atoms with Crippen LogP contribution in [0.1, 0.15) is 107 Å². The molecule has 8 nitrogen and oxygen atoms in total. The van der Waals surface area contributed by atoms with E-state index in [0.717, 1.165) is 63.5 Å². The molecule has 2 aromatic rings. The lowest BCUT2D eigenvalue weighted by molar-refractivity contribution is -0.137. The van der Waals surface area contributed by atoms with Gasteiger partial charge in [0.15, 0.2) is 0 Å². The molecule has 1 aliphatic rings. The Labute approximate surface area is 258 Å². The number of hydrogen-bond donors (Lipinski definition) is 1. The van der Waals surface area contributed by atoms with Crippen molar-refractivity contribution in [1.82, 2.24) is 9.97 Å². The number of aromatic nitrogens is 2. The molecule has 43 heavy (non-hydrogen) atoms. The molecule has 2 heterocycles. The smallest absolute Gasteiger partial charge is 0.303 e. The molecule has 0 radical (unpaired) electrons. The predicted octanol–water partition coefficient (Wildman–Crippen LogP) is 6.97.